The van der Waals surface area contributed by atoms with Crippen molar-refractivity contribution in [1.82, 2.24) is 10.6 Å². The lowest BCUT2D eigenvalue weighted by molar-refractivity contribution is -0.124. The Morgan fingerprint density at radius 1 is 0.963 bits per heavy atom. The van der Waals surface area contributed by atoms with Gasteiger partial charge in [0, 0.05) is 12.1 Å². The lowest BCUT2D eigenvalue weighted by atomic mass is 10.00. The molecule has 0 bridgehead atoms. The smallest absolute Gasteiger partial charge is 0.251 e. The van der Waals surface area contributed by atoms with Crippen molar-refractivity contribution in [3.8, 4) is 5.75 Å². The average Bonchev–Trinajstić information content (AvgIpc) is 2.70. The van der Waals surface area contributed by atoms with Gasteiger partial charge in [0.05, 0.1) is 7.11 Å². The number of methoxy groups -OCH3 is 1. The fourth-order valence-corrected chi connectivity index (χ4v) is 2.76. The third kappa shape index (κ3) is 5.84. The van der Waals surface area contributed by atoms with Gasteiger partial charge in [-0.1, -0.05) is 51.1 Å². The zero-order chi connectivity index (χ0) is 19.8. The minimum absolute atomic E-state index is 0.0285. The molecule has 0 saturated heterocycles. The van der Waals surface area contributed by atoms with Crippen LogP contribution in [-0.2, 0) is 4.79 Å². The summed E-state index contributed by atoms with van der Waals surface area (Å²) in [6.45, 7) is 6.42. The van der Waals surface area contributed by atoms with Crippen LogP contribution in [0.15, 0.2) is 54.6 Å². The van der Waals surface area contributed by atoms with Crippen LogP contribution in [-0.4, -0.2) is 31.5 Å². The fourth-order valence-electron chi connectivity index (χ4n) is 2.76. The fraction of sp³-hybridized carbons (Fsp3) is 0.364. The molecule has 2 atom stereocenters. The van der Waals surface area contributed by atoms with Gasteiger partial charge < -0.3 is 15.4 Å². The molecule has 0 fully saturated rings. The molecule has 144 valence electrons. The number of ether oxygens (including phenoxy) is 1. The number of hydrogen-bond acceptors (Lipinski definition) is 3. The molecule has 2 unspecified atom stereocenters. The standard InChI is InChI=1S/C22H28N2O3/c1-15(2)20(24-21(25)18-10-12-19(27-4)13-11-18)22(26)23-14-16(3)17-8-6-5-7-9-17/h5-13,15-16,20H,14H2,1-4H3,(H,23,26)(H,24,25). The second kappa shape index (κ2) is 9.76. The summed E-state index contributed by atoms with van der Waals surface area (Å²) in [5.41, 5.74) is 1.66. The summed E-state index contributed by atoms with van der Waals surface area (Å²) in [4.78, 5) is 25.1. The molecular weight excluding hydrogens is 340 g/mol. The maximum absolute atomic E-state index is 12.6. The largest absolute Gasteiger partial charge is 0.497 e. The molecule has 5 nitrogen and oxygen atoms in total. The molecule has 0 radical (unpaired) electrons. The Kier molecular flexibility index (Phi) is 7.41. The molecule has 0 aliphatic rings. The van der Waals surface area contributed by atoms with Crippen LogP contribution in [0, 0.1) is 5.92 Å². The molecule has 5 heteroatoms. The van der Waals surface area contributed by atoms with Gasteiger partial charge in [-0.25, -0.2) is 0 Å². The SMILES string of the molecule is COc1ccc(C(=O)NC(C(=O)NCC(C)c2ccccc2)C(C)C)cc1. The Morgan fingerprint density at radius 3 is 2.15 bits per heavy atom. The van der Waals surface area contributed by atoms with Gasteiger partial charge >= 0.3 is 0 Å². The summed E-state index contributed by atoms with van der Waals surface area (Å²) in [6.07, 6.45) is 0. The van der Waals surface area contributed by atoms with E-state index in [4.69, 9.17) is 4.74 Å². The quantitative estimate of drug-likeness (QED) is 0.751. The maximum Gasteiger partial charge on any atom is 0.251 e. The topological polar surface area (TPSA) is 67.4 Å². The van der Waals surface area contributed by atoms with Crippen LogP contribution in [0.5, 0.6) is 5.75 Å². The van der Waals surface area contributed by atoms with E-state index in [9.17, 15) is 9.59 Å². The number of carbonyl (C=O) groups excluding carboxylic acids is 2. The van der Waals surface area contributed by atoms with Gasteiger partial charge in [-0.2, -0.15) is 0 Å². The predicted octanol–water partition coefficient (Wildman–Crippen LogP) is 3.37. The molecule has 27 heavy (non-hydrogen) atoms. The van der Waals surface area contributed by atoms with Crippen molar-refractivity contribution >= 4 is 11.8 Å². The lowest BCUT2D eigenvalue weighted by Crippen LogP contribution is -2.50. The van der Waals surface area contributed by atoms with E-state index in [1.807, 2.05) is 44.2 Å². The highest BCUT2D eigenvalue weighted by Gasteiger charge is 2.25. The van der Waals surface area contributed by atoms with Crippen molar-refractivity contribution in [2.75, 3.05) is 13.7 Å². The third-order valence-corrected chi connectivity index (χ3v) is 4.54. The highest BCUT2D eigenvalue weighted by molar-refractivity contribution is 5.97. The van der Waals surface area contributed by atoms with Gasteiger partial charge in [0.25, 0.3) is 5.91 Å². The molecule has 2 aromatic carbocycles. The molecule has 0 saturated carbocycles. The summed E-state index contributed by atoms with van der Waals surface area (Å²) in [5.74, 6) is 0.399. The van der Waals surface area contributed by atoms with Gasteiger partial charge in [0.15, 0.2) is 0 Å². The molecule has 0 heterocycles. The van der Waals surface area contributed by atoms with Crippen LogP contribution in [0.25, 0.3) is 0 Å². The monoisotopic (exact) mass is 368 g/mol. The average molecular weight is 368 g/mol. The molecule has 0 aromatic heterocycles. The van der Waals surface area contributed by atoms with Gasteiger partial charge in [0.1, 0.15) is 11.8 Å². The predicted molar refractivity (Wildman–Crippen MR) is 107 cm³/mol. The molecule has 2 rings (SSSR count). The summed E-state index contributed by atoms with van der Waals surface area (Å²) >= 11 is 0. The highest BCUT2D eigenvalue weighted by atomic mass is 16.5. The minimum Gasteiger partial charge on any atom is -0.497 e. The molecule has 0 aliphatic heterocycles. The van der Waals surface area contributed by atoms with E-state index in [0.29, 0.717) is 17.9 Å². The van der Waals surface area contributed by atoms with E-state index >= 15 is 0 Å². The minimum atomic E-state index is -0.595. The van der Waals surface area contributed by atoms with E-state index in [-0.39, 0.29) is 23.7 Å². The Morgan fingerprint density at radius 2 is 1.59 bits per heavy atom. The van der Waals surface area contributed by atoms with Crippen LogP contribution in [0.2, 0.25) is 0 Å². The van der Waals surface area contributed by atoms with Crippen molar-refractivity contribution in [3.63, 3.8) is 0 Å². The Labute approximate surface area is 161 Å². The zero-order valence-corrected chi connectivity index (χ0v) is 16.4. The molecule has 0 spiro atoms. The van der Waals surface area contributed by atoms with Crippen molar-refractivity contribution in [1.29, 1.82) is 0 Å². The Bertz CT molecular complexity index is 742. The molecule has 2 N–H and O–H groups in total. The molecule has 2 aromatic rings. The van der Waals surface area contributed by atoms with Crippen LogP contribution in [0.1, 0.15) is 42.6 Å². The highest BCUT2D eigenvalue weighted by Crippen LogP contribution is 2.14. The first kappa shape index (κ1) is 20.5. The van der Waals surface area contributed by atoms with E-state index in [0.717, 1.165) is 0 Å². The van der Waals surface area contributed by atoms with Crippen LogP contribution in [0.4, 0.5) is 0 Å². The second-order valence-electron chi connectivity index (χ2n) is 6.98. The number of amides is 2. The zero-order valence-electron chi connectivity index (χ0n) is 16.4. The van der Waals surface area contributed by atoms with Gasteiger partial charge in [-0.05, 0) is 41.7 Å². The van der Waals surface area contributed by atoms with Crippen molar-refractivity contribution in [2.24, 2.45) is 5.92 Å². The first-order valence-electron chi connectivity index (χ1n) is 9.20. The van der Waals surface area contributed by atoms with Gasteiger partial charge in [-0.3, -0.25) is 9.59 Å². The summed E-state index contributed by atoms with van der Waals surface area (Å²) in [5, 5.41) is 5.81. The first-order chi connectivity index (χ1) is 12.9. The maximum atomic E-state index is 12.6. The van der Waals surface area contributed by atoms with Crippen LogP contribution in [0.3, 0.4) is 0 Å². The third-order valence-electron chi connectivity index (χ3n) is 4.54. The van der Waals surface area contributed by atoms with Crippen molar-refractivity contribution in [3.05, 3.63) is 65.7 Å². The normalized spacial score (nSPS) is 12.9. The first-order valence-corrected chi connectivity index (χ1v) is 9.20. The summed E-state index contributed by atoms with van der Waals surface area (Å²) in [6, 6.07) is 16.2. The van der Waals surface area contributed by atoms with Crippen molar-refractivity contribution < 1.29 is 14.3 Å². The Balaban J connectivity index is 1.96. The van der Waals surface area contributed by atoms with E-state index in [1.165, 1.54) is 5.56 Å². The summed E-state index contributed by atoms with van der Waals surface area (Å²) in [7, 11) is 1.57. The number of nitrogens with one attached hydrogen (secondary N) is 2. The molecular formula is C22H28N2O3. The van der Waals surface area contributed by atoms with Crippen molar-refractivity contribution in [2.45, 2.75) is 32.7 Å². The number of rotatable bonds is 8. The number of benzene rings is 2. The number of hydrogen-bond donors (Lipinski definition) is 2. The van der Waals surface area contributed by atoms with E-state index in [1.54, 1.807) is 31.4 Å². The van der Waals surface area contributed by atoms with Crippen LogP contribution < -0.4 is 15.4 Å². The Hall–Kier alpha value is -2.82. The van der Waals surface area contributed by atoms with Gasteiger partial charge in [0.2, 0.25) is 5.91 Å². The van der Waals surface area contributed by atoms with Crippen LogP contribution >= 0.6 is 0 Å². The summed E-state index contributed by atoms with van der Waals surface area (Å²) < 4.78 is 5.10. The van der Waals surface area contributed by atoms with E-state index in [2.05, 4.69) is 17.6 Å². The van der Waals surface area contributed by atoms with E-state index < -0.39 is 6.04 Å². The lowest BCUT2D eigenvalue weighted by Gasteiger charge is -2.23. The molecule has 0 aliphatic carbocycles. The second-order valence-corrected chi connectivity index (χ2v) is 6.98. The molecule has 2 amide bonds. The van der Waals surface area contributed by atoms with Gasteiger partial charge in [-0.15, -0.1) is 0 Å². The number of carbonyl (C=O) groups is 2.